The predicted octanol–water partition coefficient (Wildman–Crippen LogP) is 3.34. The van der Waals surface area contributed by atoms with Gasteiger partial charge in [0.1, 0.15) is 6.10 Å². The minimum Gasteiger partial charge on any atom is -0.461 e. The molecule has 1 rings (SSSR count). The second-order valence-corrected chi connectivity index (χ2v) is 6.69. The van der Waals surface area contributed by atoms with Gasteiger partial charge in [0.25, 0.3) is 0 Å². The van der Waals surface area contributed by atoms with Crippen LogP contribution in [0.4, 0.5) is 0 Å². The minimum atomic E-state index is -0.817. The van der Waals surface area contributed by atoms with Crippen molar-refractivity contribution in [3.8, 4) is 0 Å². The molecule has 3 nitrogen and oxygen atoms in total. The Bertz CT molecular complexity index is 314. The number of hydrogen-bond donors (Lipinski definition) is 0. The molecule has 1 aliphatic carbocycles. The third-order valence-electron chi connectivity index (χ3n) is 3.79. The highest BCUT2D eigenvalue weighted by Gasteiger charge is 2.35. The monoisotopic (exact) mass is 318 g/mol. The summed E-state index contributed by atoms with van der Waals surface area (Å²) in [4.78, 5) is 22.2. The fourth-order valence-corrected chi connectivity index (χ4v) is 2.73. The van der Waals surface area contributed by atoms with Gasteiger partial charge in [-0.15, -0.1) is 0 Å². The molecular weight excluding hydrogens is 296 g/mol. The zero-order chi connectivity index (χ0) is 13.9. The Morgan fingerprint density at radius 3 is 2.39 bits per heavy atom. The molecule has 0 aromatic rings. The van der Waals surface area contributed by atoms with Crippen LogP contribution in [-0.4, -0.2) is 22.7 Å². The average Bonchev–Trinajstić information content (AvgIpc) is 2.27. The molecule has 0 saturated heterocycles. The fraction of sp³-hybridized carbons (Fsp3) is 0.857. The number of rotatable bonds is 4. The molecule has 1 fully saturated rings. The van der Waals surface area contributed by atoms with Gasteiger partial charge in [-0.1, -0.05) is 43.1 Å². The molecular formula is C14H23BrO3. The lowest BCUT2D eigenvalue weighted by atomic mass is 9.75. The second-order valence-electron chi connectivity index (χ2n) is 5.77. The van der Waals surface area contributed by atoms with Crippen molar-refractivity contribution >= 4 is 27.7 Å². The van der Waals surface area contributed by atoms with Crippen molar-refractivity contribution in [2.75, 3.05) is 0 Å². The number of alkyl halides is 1. The van der Waals surface area contributed by atoms with Crippen LogP contribution in [0.3, 0.4) is 0 Å². The average molecular weight is 319 g/mol. The summed E-state index contributed by atoms with van der Waals surface area (Å²) in [7, 11) is 0. The van der Waals surface area contributed by atoms with E-state index in [1.165, 1.54) is 13.3 Å². The van der Waals surface area contributed by atoms with Crippen molar-refractivity contribution in [3.05, 3.63) is 0 Å². The van der Waals surface area contributed by atoms with Gasteiger partial charge in [0.2, 0.25) is 0 Å². The maximum atomic E-state index is 11.8. The molecule has 0 aromatic carbocycles. The highest BCUT2D eigenvalue weighted by Crippen LogP contribution is 2.35. The summed E-state index contributed by atoms with van der Waals surface area (Å²) in [5, 5.41) is 0. The summed E-state index contributed by atoms with van der Waals surface area (Å²) >= 11 is 3.08. The maximum absolute atomic E-state index is 11.8. The zero-order valence-electron chi connectivity index (χ0n) is 11.6. The molecule has 0 bridgehead atoms. The predicted molar refractivity (Wildman–Crippen MR) is 74.6 cm³/mol. The molecule has 0 heterocycles. The van der Waals surface area contributed by atoms with Gasteiger partial charge in [0.05, 0.1) is 0 Å². The fourth-order valence-electron chi connectivity index (χ4n) is 2.63. The second kappa shape index (κ2) is 6.69. The Morgan fingerprint density at radius 2 is 1.89 bits per heavy atom. The standard InChI is InChI=1S/C14H23BrO3/c1-8(2)11-6-5-9(3)7-12(11)18-14(17)13(15)10(4)16/h8-9,11-13H,5-7H2,1-4H3. The van der Waals surface area contributed by atoms with Crippen LogP contribution in [0.1, 0.15) is 47.0 Å². The van der Waals surface area contributed by atoms with E-state index in [0.717, 1.165) is 12.8 Å². The first-order chi connectivity index (χ1) is 8.32. The van der Waals surface area contributed by atoms with Gasteiger partial charge in [-0.2, -0.15) is 0 Å². The van der Waals surface area contributed by atoms with Crippen molar-refractivity contribution in [1.29, 1.82) is 0 Å². The number of carbonyl (C=O) groups is 2. The normalized spacial score (nSPS) is 30.0. The van der Waals surface area contributed by atoms with Gasteiger partial charge in [0, 0.05) is 0 Å². The van der Waals surface area contributed by atoms with E-state index in [-0.39, 0.29) is 11.9 Å². The van der Waals surface area contributed by atoms with Crippen LogP contribution in [0.15, 0.2) is 0 Å². The molecule has 0 N–H and O–H groups in total. The van der Waals surface area contributed by atoms with Crippen LogP contribution in [0.5, 0.6) is 0 Å². The smallest absolute Gasteiger partial charge is 0.327 e. The van der Waals surface area contributed by atoms with Gasteiger partial charge < -0.3 is 4.74 Å². The highest BCUT2D eigenvalue weighted by molar-refractivity contribution is 9.10. The summed E-state index contributed by atoms with van der Waals surface area (Å²) in [5.74, 6) is 0.860. The van der Waals surface area contributed by atoms with Gasteiger partial charge in [-0.05, 0) is 37.5 Å². The molecule has 4 atom stereocenters. The lowest BCUT2D eigenvalue weighted by molar-refractivity contribution is -0.156. The van der Waals surface area contributed by atoms with Crippen LogP contribution in [0.25, 0.3) is 0 Å². The summed E-state index contributed by atoms with van der Waals surface area (Å²) in [6.07, 6.45) is 3.16. The Balaban J connectivity index is 2.66. The first kappa shape index (κ1) is 15.7. The van der Waals surface area contributed by atoms with Gasteiger partial charge in [0.15, 0.2) is 10.6 Å². The lowest BCUT2D eigenvalue weighted by Crippen LogP contribution is -2.38. The van der Waals surface area contributed by atoms with E-state index in [1.54, 1.807) is 0 Å². The molecule has 0 aliphatic heterocycles. The van der Waals surface area contributed by atoms with E-state index in [1.807, 2.05) is 0 Å². The summed E-state index contributed by atoms with van der Waals surface area (Å²) in [5.41, 5.74) is 0. The number of ketones is 1. The van der Waals surface area contributed by atoms with Crippen molar-refractivity contribution in [2.45, 2.75) is 57.9 Å². The topological polar surface area (TPSA) is 43.4 Å². The van der Waals surface area contributed by atoms with Crippen molar-refractivity contribution in [3.63, 3.8) is 0 Å². The van der Waals surface area contributed by atoms with Crippen LogP contribution < -0.4 is 0 Å². The first-order valence-electron chi connectivity index (χ1n) is 6.68. The van der Waals surface area contributed by atoms with Crippen molar-refractivity contribution in [1.82, 2.24) is 0 Å². The van der Waals surface area contributed by atoms with Crippen molar-refractivity contribution in [2.24, 2.45) is 17.8 Å². The van der Waals surface area contributed by atoms with E-state index in [9.17, 15) is 9.59 Å². The molecule has 1 saturated carbocycles. The van der Waals surface area contributed by atoms with Crippen LogP contribution in [0.2, 0.25) is 0 Å². The Kier molecular flexibility index (Phi) is 5.83. The number of hydrogen-bond acceptors (Lipinski definition) is 3. The van der Waals surface area contributed by atoms with Gasteiger partial charge in [-0.25, -0.2) is 0 Å². The van der Waals surface area contributed by atoms with Crippen LogP contribution in [0, 0.1) is 17.8 Å². The Morgan fingerprint density at radius 1 is 1.28 bits per heavy atom. The largest absolute Gasteiger partial charge is 0.461 e. The zero-order valence-corrected chi connectivity index (χ0v) is 13.2. The molecule has 0 amide bonds. The molecule has 4 unspecified atom stereocenters. The quantitative estimate of drug-likeness (QED) is 0.453. The number of esters is 1. The molecule has 18 heavy (non-hydrogen) atoms. The Hall–Kier alpha value is -0.380. The summed E-state index contributed by atoms with van der Waals surface area (Å²) < 4.78 is 5.55. The van der Waals surface area contributed by atoms with Gasteiger partial charge >= 0.3 is 5.97 Å². The molecule has 0 aromatic heterocycles. The highest BCUT2D eigenvalue weighted by atomic mass is 79.9. The van der Waals surface area contributed by atoms with Gasteiger partial charge in [-0.3, -0.25) is 9.59 Å². The number of ether oxygens (including phenoxy) is 1. The first-order valence-corrected chi connectivity index (χ1v) is 7.59. The number of carbonyl (C=O) groups excluding carboxylic acids is 2. The Labute approximate surface area is 118 Å². The SMILES string of the molecule is CC(=O)C(Br)C(=O)OC1CC(C)CCC1C(C)C. The van der Waals surface area contributed by atoms with Crippen LogP contribution in [-0.2, 0) is 14.3 Å². The van der Waals surface area contributed by atoms with Crippen LogP contribution >= 0.6 is 15.9 Å². The summed E-state index contributed by atoms with van der Waals surface area (Å²) in [6.45, 7) is 7.91. The van der Waals surface area contributed by atoms with E-state index >= 15 is 0 Å². The molecule has 1 aliphatic rings. The third-order valence-corrected chi connectivity index (χ3v) is 4.81. The molecule has 0 spiro atoms. The van der Waals surface area contributed by atoms with E-state index in [4.69, 9.17) is 4.74 Å². The van der Waals surface area contributed by atoms with E-state index in [2.05, 4.69) is 36.7 Å². The summed E-state index contributed by atoms with van der Waals surface area (Å²) in [6, 6.07) is 0. The maximum Gasteiger partial charge on any atom is 0.327 e. The van der Waals surface area contributed by atoms with E-state index in [0.29, 0.717) is 17.8 Å². The minimum absolute atomic E-state index is 0.0411. The van der Waals surface area contributed by atoms with Crippen molar-refractivity contribution < 1.29 is 14.3 Å². The molecule has 4 heteroatoms. The number of halogens is 1. The van der Waals surface area contributed by atoms with E-state index < -0.39 is 10.8 Å². The molecule has 104 valence electrons. The molecule has 0 radical (unpaired) electrons. The third kappa shape index (κ3) is 4.08. The lowest BCUT2D eigenvalue weighted by Gasteiger charge is -2.36. The number of Topliss-reactive ketones (excluding diaryl/α,β-unsaturated/α-hetero) is 1.